The van der Waals surface area contributed by atoms with Crippen molar-refractivity contribution in [2.75, 3.05) is 6.61 Å². The minimum Gasteiger partial charge on any atom is -0.504 e. The number of aliphatic carboxylic acids is 1. The Morgan fingerprint density at radius 1 is 1.20 bits per heavy atom. The number of aliphatic hydroxyl groups excluding tert-OH is 2. The highest BCUT2D eigenvalue weighted by Crippen LogP contribution is 2.25. The molecule has 0 aliphatic rings. The van der Waals surface area contributed by atoms with Crippen molar-refractivity contribution in [1.82, 2.24) is 0 Å². The fourth-order valence-electron chi connectivity index (χ4n) is 1.51. The summed E-state index contributed by atoms with van der Waals surface area (Å²) in [7, 11) is 0. The number of carboxylic acids is 1. The summed E-state index contributed by atoms with van der Waals surface area (Å²) in [4.78, 5) is 22.5. The average Bonchev–Trinajstić information content (AvgIpc) is 2.39. The summed E-state index contributed by atoms with van der Waals surface area (Å²) in [6, 6.07) is 3.78. The molecule has 2 unspecified atom stereocenters. The van der Waals surface area contributed by atoms with Gasteiger partial charge in [-0.05, 0) is 23.8 Å². The lowest BCUT2D eigenvalue weighted by Crippen LogP contribution is -2.36. The Morgan fingerprint density at radius 3 is 2.35 bits per heavy atom. The lowest BCUT2D eigenvalue weighted by atomic mass is 9.97. The summed E-state index contributed by atoms with van der Waals surface area (Å²) in [5.41, 5.74) is 0.358. The summed E-state index contributed by atoms with van der Waals surface area (Å²) in [5.74, 6) is -4.92. The second-order valence-corrected chi connectivity index (χ2v) is 4.05. The van der Waals surface area contributed by atoms with E-state index in [0.717, 1.165) is 6.08 Å². The number of phenolic OH excluding ortho intramolecular Hbond substituents is 2. The molecule has 0 aromatic heterocycles. The van der Waals surface area contributed by atoms with Gasteiger partial charge in [-0.25, -0.2) is 0 Å². The molecule has 20 heavy (non-hydrogen) atoms. The molecule has 1 rings (SSSR count). The van der Waals surface area contributed by atoms with Crippen molar-refractivity contribution in [3.63, 3.8) is 0 Å². The predicted molar refractivity (Wildman–Crippen MR) is 68.0 cm³/mol. The van der Waals surface area contributed by atoms with E-state index in [9.17, 15) is 19.8 Å². The maximum atomic E-state index is 11.7. The fraction of sp³-hybridized carbons (Fsp3) is 0.231. The standard InChI is InChI=1S/C13H14O7/c14-6-11(18)12(13(19)20)9(16)4-2-7-1-3-8(15)10(17)5-7/h1-5,11-12,14-15,17-18H,6H2,(H,19,20)/b4-2+. The second-order valence-electron chi connectivity index (χ2n) is 4.05. The predicted octanol–water partition coefficient (Wildman–Crippen LogP) is -0.266. The van der Waals surface area contributed by atoms with Crippen molar-refractivity contribution in [1.29, 1.82) is 0 Å². The number of benzene rings is 1. The highest BCUT2D eigenvalue weighted by Gasteiger charge is 2.31. The van der Waals surface area contributed by atoms with Gasteiger partial charge < -0.3 is 25.5 Å². The van der Waals surface area contributed by atoms with Gasteiger partial charge >= 0.3 is 5.97 Å². The molecule has 0 bridgehead atoms. The maximum Gasteiger partial charge on any atom is 0.317 e. The van der Waals surface area contributed by atoms with E-state index >= 15 is 0 Å². The molecule has 0 saturated carbocycles. The molecule has 0 saturated heterocycles. The van der Waals surface area contributed by atoms with Gasteiger partial charge in [-0.3, -0.25) is 9.59 Å². The number of carbonyl (C=O) groups excluding carboxylic acids is 1. The zero-order valence-electron chi connectivity index (χ0n) is 10.3. The van der Waals surface area contributed by atoms with Crippen LogP contribution < -0.4 is 0 Å². The molecule has 7 heteroatoms. The number of carboxylic acid groups (broad SMARTS) is 1. The zero-order chi connectivity index (χ0) is 15.3. The van der Waals surface area contributed by atoms with E-state index in [1.54, 1.807) is 0 Å². The van der Waals surface area contributed by atoms with Crippen LogP contribution in [0.25, 0.3) is 6.08 Å². The molecule has 0 amide bonds. The largest absolute Gasteiger partial charge is 0.504 e. The van der Waals surface area contributed by atoms with Crippen LogP contribution in [0.15, 0.2) is 24.3 Å². The zero-order valence-corrected chi connectivity index (χ0v) is 10.3. The van der Waals surface area contributed by atoms with E-state index in [0.29, 0.717) is 5.56 Å². The third-order valence-corrected chi connectivity index (χ3v) is 2.58. The van der Waals surface area contributed by atoms with Crippen molar-refractivity contribution >= 4 is 17.8 Å². The Kier molecular flexibility index (Phi) is 5.24. The minimum absolute atomic E-state index is 0.326. The number of allylic oxidation sites excluding steroid dienone is 1. The van der Waals surface area contributed by atoms with Crippen molar-refractivity contribution < 1.29 is 35.1 Å². The second kappa shape index (κ2) is 6.69. The lowest BCUT2D eigenvalue weighted by Gasteiger charge is -2.13. The van der Waals surface area contributed by atoms with Gasteiger partial charge in [-0.1, -0.05) is 12.1 Å². The highest BCUT2D eigenvalue weighted by molar-refractivity contribution is 6.06. The van der Waals surface area contributed by atoms with Crippen molar-refractivity contribution in [3.05, 3.63) is 29.8 Å². The maximum absolute atomic E-state index is 11.7. The molecule has 1 aromatic carbocycles. The molecule has 0 radical (unpaired) electrons. The molecule has 0 heterocycles. The van der Waals surface area contributed by atoms with Crippen LogP contribution in [0.1, 0.15) is 5.56 Å². The summed E-state index contributed by atoms with van der Waals surface area (Å²) in [6.45, 7) is -0.851. The number of rotatable bonds is 6. The van der Waals surface area contributed by atoms with Crippen LogP contribution in [0.3, 0.4) is 0 Å². The first kappa shape index (κ1) is 15.7. The number of ketones is 1. The number of carbonyl (C=O) groups is 2. The van der Waals surface area contributed by atoms with E-state index in [2.05, 4.69) is 0 Å². The normalized spacial score (nSPS) is 14.1. The molecular weight excluding hydrogens is 268 g/mol. The molecular formula is C13H14O7. The van der Waals surface area contributed by atoms with Crippen molar-refractivity contribution in [2.45, 2.75) is 6.10 Å². The van der Waals surface area contributed by atoms with Gasteiger partial charge in [0.15, 0.2) is 17.3 Å². The topological polar surface area (TPSA) is 135 Å². The Hall–Kier alpha value is -2.38. The van der Waals surface area contributed by atoms with Gasteiger partial charge in [-0.2, -0.15) is 0 Å². The Balaban J connectivity index is 2.89. The third-order valence-electron chi connectivity index (χ3n) is 2.58. The summed E-state index contributed by atoms with van der Waals surface area (Å²) in [5, 5.41) is 45.2. The molecule has 0 spiro atoms. The molecule has 108 valence electrons. The molecule has 0 aliphatic carbocycles. The molecule has 5 N–H and O–H groups in total. The molecule has 0 aliphatic heterocycles. The Bertz CT molecular complexity index is 536. The van der Waals surface area contributed by atoms with Crippen LogP contribution >= 0.6 is 0 Å². The number of phenols is 2. The summed E-state index contributed by atoms with van der Waals surface area (Å²) >= 11 is 0. The number of aliphatic hydroxyl groups is 2. The minimum atomic E-state index is -1.76. The van der Waals surface area contributed by atoms with Crippen LogP contribution in [0, 0.1) is 5.92 Å². The Morgan fingerprint density at radius 2 is 1.85 bits per heavy atom. The number of aromatic hydroxyl groups is 2. The van der Waals surface area contributed by atoms with Crippen molar-refractivity contribution in [2.24, 2.45) is 5.92 Å². The van der Waals surface area contributed by atoms with E-state index in [4.69, 9.17) is 15.3 Å². The van der Waals surface area contributed by atoms with Crippen LogP contribution in [0.5, 0.6) is 11.5 Å². The summed E-state index contributed by atoms with van der Waals surface area (Å²) < 4.78 is 0. The van der Waals surface area contributed by atoms with Gasteiger partial charge in [0.05, 0.1) is 12.7 Å². The van der Waals surface area contributed by atoms with Crippen molar-refractivity contribution in [3.8, 4) is 11.5 Å². The van der Waals surface area contributed by atoms with Crippen LogP contribution in [0.2, 0.25) is 0 Å². The summed E-state index contributed by atoms with van der Waals surface area (Å²) in [6.07, 6.45) is 0.447. The van der Waals surface area contributed by atoms with E-state index < -0.39 is 30.4 Å². The van der Waals surface area contributed by atoms with Crippen LogP contribution in [-0.2, 0) is 9.59 Å². The molecule has 2 atom stereocenters. The first-order valence-electron chi connectivity index (χ1n) is 5.62. The monoisotopic (exact) mass is 282 g/mol. The van der Waals surface area contributed by atoms with Gasteiger partial charge in [0, 0.05) is 0 Å². The first-order valence-corrected chi connectivity index (χ1v) is 5.62. The third kappa shape index (κ3) is 3.81. The smallest absolute Gasteiger partial charge is 0.317 e. The van der Waals surface area contributed by atoms with Crippen LogP contribution in [0.4, 0.5) is 0 Å². The van der Waals surface area contributed by atoms with Crippen LogP contribution in [-0.4, -0.2) is 50.0 Å². The average molecular weight is 282 g/mol. The molecule has 7 nitrogen and oxygen atoms in total. The SMILES string of the molecule is O=C(O)C(C(=O)/C=C/c1ccc(O)c(O)c1)C(O)CO. The first-order chi connectivity index (χ1) is 9.36. The van der Waals surface area contributed by atoms with E-state index in [1.807, 2.05) is 0 Å². The van der Waals surface area contributed by atoms with E-state index in [-0.39, 0.29) is 11.5 Å². The number of hydrogen-bond acceptors (Lipinski definition) is 6. The quantitative estimate of drug-likeness (QED) is 0.275. The number of hydrogen-bond donors (Lipinski definition) is 5. The molecule has 0 fully saturated rings. The lowest BCUT2D eigenvalue weighted by molar-refractivity contribution is -0.150. The van der Waals surface area contributed by atoms with Gasteiger partial charge in [-0.15, -0.1) is 0 Å². The van der Waals surface area contributed by atoms with E-state index in [1.165, 1.54) is 24.3 Å². The highest BCUT2D eigenvalue weighted by atomic mass is 16.4. The van der Waals surface area contributed by atoms with Gasteiger partial charge in [0.2, 0.25) is 0 Å². The fourth-order valence-corrected chi connectivity index (χ4v) is 1.51. The molecule has 1 aromatic rings. The van der Waals surface area contributed by atoms with Gasteiger partial charge in [0.1, 0.15) is 5.92 Å². The van der Waals surface area contributed by atoms with Gasteiger partial charge in [0.25, 0.3) is 0 Å². The Labute approximate surface area is 114 Å².